The van der Waals surface area contributed by atoms with Gasteiger partial charge in [-0.15, -0.1) is 5.10 Å². The first-order chi connectivity index (χ1) is 13.3. The van der Waals surface area contributed by atoms with Crippen molar-refractivity contribution >= 4 is 5.91 Å². The standard InChI is InChI=1S/C18H22N6O3/c1-2-15(17-19-20-21-24(17)13-14-5-3-11-26-14)22-7-9-23(10-8-22)18(25)16-6-4-12-27-16/h3-6,11-12,15H,2,7-10,13H2,1H3/t15-/m0/s1. The van der Waals surface area contributed by atoms with E-state index in [-0.39, 0.29) is 11.9 Å². The lowest BCUT2D eigenvalue weighted by molar-refractivity contribution is 0.0521. The Morgan fingerprint density at radius 2 is 1.93 bits per heavy atom. The molecule has 3 aromatic rings. The molecule has 27 heavy (non-hydrogen) atoms. The molecule has 0 spiro atoms. The van der Waals surface area contributed by atoms with E-state index >= 15 is 0 Å². The first-order valence-electron chi connectivity index (χ1n) is 9.11. The maximum absolute atomic E-state index is 12.4. The van der Waals surface area contributed by atoms with Gasteiger partial charge >= 0.3 is 0 Å². The van der Waals surface area contributed by atoms with Crippen LogP contribution in [0.3, 0.4) is 0 Å². The van der Waals surface area contributed by atoms with Crippen molar-refractivity contribution in [2.24, 2.45) is 0 Å². The van der Waals surface area contributed by atoms with E-state index in [4.69, 9.17) is 8.83 Å². The van der Waals surface area contributed by atoms with Crippen LogP contribution in [-0.2, 0) is 6.54 Å². The van der Waals surface area contributed by atoms with Crippen LogP contribution in [0.1, 0.15) is 41.5 Å². The SMILES string of the molecule is CC[C@@H](c1nnnn1Cc1ccco1)N1CCN(C(=O)c2ccco2)CC1. The highest BCUT2D eigenvalue weighted by atomic mass is 16.3. The van der Waals surface area contributed by atoms with E-state index in [9.17, 15) is 4.79 Å². The maximum Gasteiger partial charge on any atom is 0.289 e. The quantitative estimate of drug-likeness (QED) is 0.653. The number of hydrogen-bond donors (Lipinski definition) is 0. The average Bonchev–Trinajstić information content (AvgIpc) is 3.46. The van der Waals surface area contributed by atoms with Gasteiger partial charge in [0.2, 0.25) is 0 Å². The first-order valence-corrected chi connectivity index (χ1v) is 9.11. The summed E-state index contributed by atoms with van der Waals surface area (Å²) in [7, 11) is 0. The van der Waals surface area contributed by atoms with Crippen molar-refractivity contribution in [2.45, 2.75) is 25.9 Å². The Labute approximate surface area is 156 Å². The number of nitrogens with zero attached hydrogens (tertiary/aromatic N) is 6. The fourth-order valence-corrected chi connectivity index (χ4v) is 3.51. The van der Waals surface area contributed by atoms with Crippen molar-refractivity contribution in [2.75, 3.05) is 26.2 Å². The predicted molar refractivity (Wildman–Crippen MR) is 94.8 cm³/mol. The molecule has 4 heterocycles. The number of carbonyl (C=O) groups is 1. The molecule has 1 atom stereocenters. The summed E-state index contributed by atoms with van der Waals surface area (Å²) >= 11 is 0. The van der Waals surface area contributed by atoms with Gasteiger partial charge in [-0.3, -0.25) is 9.69 Å². The number of furan rings is 2. The topological polar surface area (TPSA) is 93.4 Å². The highest BCUT2D eigenvalue weighted by Crippen LogP contribution is 2.24. The van der Waals surface area contributed by atoms with Crippen molar-refractivity contribution < 1.29 is 13.6 Å². The zero-order valence-corrected chi connectivity index (χ0v) is 15.2. The number of rotatable bonds is 6. The number of aromatic nitrogens is 4. The van der Waals surface area contributed by atoms with Crippen molar-refractivity contribution in [1.82, 2.24) is 30.0 Å². The number of carbonyl (C=O) groups excluding carboxylic acids is 1. The fraction of sp³-hybridized carbons (Fsp3) is 0.444. The van der Waals surface area contributed by atoms with Gasteiger partial charge in [-0.05, 0) is 41.1 Å². The zero-order valence-electron chi connectivity index (χ0n) is 15.2. The molecule has 142 valence electrons. The zero-order chi connectivity index (χ0) is 18.6. The number of tetrazole rings is 1. The molecule has 1 amide bonds. The highest BCUT2D eigenvalue weighted by Gasteiger charge is 2.30. The van der Waals surface area contributed by atoms with Gasteiger partial charge in [-0.2, -0.15) is 0 Å². The second kappa shape index (κ2) is 7.75. The van der Waals surface area contributed by atoms with Crippen LogP contribution in [0.25, 0.3) is 0 Å². The summed E-state index contributed by atoms with van der Waals surface area (Å²) in [5, 5.41) is 12.2. The van der Waals surface area contributed by atoms with Crippen LogP contribution < -0.4 is 0 Å². The number of amides is 1. The van der Waals surface area contributed by atoms with E-state index in [0.717, 1.165) is 31.1 Å². The van der Waals surface area contributed by atoms with Crippen LogP contribution in [0.2, 0.25) is 0 Å². The van der Waals surface area contributed by atoms with E-state index in [2.05, 4.69) is 27.3 Å². The Bertz CT molecular complexity index is 850. The molecule has 1 saturated heterocycles. The molecule has 0 saturated carbocycles. The smallest absolute Gasteiger partial charge is 0.289 e. The molecule has 0 aromatic carbocycles. The Kier molecular flexibility index (Phi) is 5.01. The molecule has 0 bridgehead atoms. The van der Waals surface area contributed by atoms with Gasteiger partial charge in [0.05, 0.1) is 18.6 Å². The second-order valence-electron chi connectivity index (χ2n) is 6.50. The molecule has 9 heteroatoms. The minimum atomic E-state index is -0.0599. The van der Waals surface area contributed by atoms with Gasteiger partial charge in [0.1, 0.15) is 12.3 Å². The molecular formula is C18H22N6O3. The minimum absolute atomic E-state index is 0.0599. The van der Waals surface area contributed by atoms with Gasteiger partial charge in [-0.25, -0.2) is 4.68 Å². The van der Waals surface area contributed by atoms with E-state index in [1.807, 2.05) is 17.0 Å². The summed E-state index contributed by atoms with van der Waals surface area (Å²) in [6.07, 6.45) is 4.05. The Balaban J connectivity index is 1.42. The van der Waals surface area contributed by atoms with Crippen LogP contribution >= 0.6 is 0 Å². The van der Waals surface area contributed by atoms with Gasteiger partial charge in [-0.1, -0.05) is 6.92 Å². The van der Waals surface area contributed by atoms with Crippen LogP contribution in [0, 0.1) is 0 Å². The molecule has 0 radical (unpaired) electrons. The number of hydrogen-bond acceptors (Lipinski definition) is 7. The van der Waals surface area contributed by atoms with Crippen LogP contribution in [-0.4, -0.2) is 62.1 Å². The summed E-state index contributed by atoms with van der Waals surface area (Å²) < 4.78 is 12.4. The van der Waals surface area contributed by atoms with E-state index in [1.165, 1.54) is 6.26 Å². The third kappa shape index (κ3) is 3.63. The summed E-state index contributed by atoms with van der Waals surface area (Å²) in [4.78, 5) is 16.6. The lowest BCUT2D eigenvalue weighted by atomic mass is 10.1. The highest BCUT2D eigenvalue weighted by molar-refractivity contribution is 5.91. The maximum atomic E-state index is 12.4. The molecule has 1 fully saturated rings. The Morgan fingerprint density at radius 1 is 1.15 bits per heavy atom. The van der Waals surface area contributed by atoms with Crippen molar-refractivity contribution in [1.29, 1.82) is 0 Å². The lowest BCUT2D eigenvalue weighted by Gasteiger charge is -2.38. The van der Waals surface area contributed by atoms with Gasteiger partial charge < -0.3 is 13.7 Å². The largest absolute Gasteiger partial charge is 0.467 e. The van der Waals surface area contributed by atoms with E-state index < -0.39 is 0 Å². The average molecular weight is 370 g/mol. The van der Waals surface area contributed by atoms with Crippen LogP contribution in [0.5, 0.6) is 0 Å². The van der Waals surface area contributed by atoms with Gasteiger partial charge in [0.15, 0.2) is 11.6 Å². The van der Waals surface area contributed by atoms with Crippen molar-refractivity contribution in [3.8, 4) is 0 Å². The fourth-order valence-electron chi connectivity index (χ4n) is 3.51. The van der Waals surface area contributed by atoms with Crippen molar-refractivity contribution in [3.05, 3.63) is 54.1 Å². The normalized spacial score (nSPS) is 16.6. The third-order valence-corrected chi connectivity index (χ3v) is 4.90. The molecule has 4 rings (SSSR count). The van der Waals surface area contributed by atoms with E-state index in [1.54, 1.807) is 23.1 Å². The lowest BCUT2D eigenvalue weighted by Crippen LogP contribution is -2.50. The Hall–Kier alpha value is -2.94. The van der Waals surface area contributed by atoms with Gasteiger partial charge in [0, 0.05) is 26.2 Å². The van der Waals surface area contributed by atoms with Gasteiger partial charge in [0.25, 0.3) is 5.91 Å². The van der Waals surface area contributed by atoms with Crippen LogP contribution in [0.4, 0.5) is 0 Å². The van der Waals surface area contributed by atoms with Crippen molar-refractivity contribution in [3.63, 3.8) is 0 Å². The summed E-state index contributed by atoms with van der Waals surface area (Å²) in [6, 6.07) is 7.29. The summed E-state index contributed by atoms with van der Waals surface area (Å²) in [5.41, 5.74) is 0. The van der Waals surface area contributed by atoms with E-state index in [0.29, 0.717) is 25.4 Å². The molecule has 0 N–H and O–H groups in total. The molecular weight excluding hydrogens is 348 g/mol. The Morgan fingerprint density at radius 3 is 2.59 bits per heavy atom. The number of piperazine rings is 1. The molecule has 3 aromatic heterocycles. The molecule has 0 unspecified atom stereocenters. The molecule has 9 nitrogen and oxygen atoms in total. The summed E-state index contributed by atoms with van der Waals surface area (Å²) in [5.74, 6) is 1.96. The minimum Gasteiger partial charge on any atom is -0.467 e. The predicted octanol–water partition coefficient (Wildman–Crippen LogP) is 1.82. The second-order valence-corrected chi connectivity index (χ2v) is 6.50. The summed E-state index contributed by atoms with van der Waals surface area (Å²) in [6.45, 7) is 5.45. The van der Waals surface area contributed by atoms with Crippen LogP contribution in [0.15, 0.2) is 45.6 Å². The third-order valence-electron chi connectivity index (χ3n) is 4.90. The molecule has 0 aliphatic carbocycles. The monoisotopic (exact) mass is 370 g/mol. The molecule has 1 aliphatic heterocycles. The molecule has 1 aliphatic rings. The first kappa shape index (κ1) is 17.5.